The Balaban J connectivity index is 1.34. The quantitative estimate of drug-likeness (QED) is 0.702. The molecule has 1 aliphatic heterocycles. The number of carbonyl (C=O) groups excluding carboxylic acids is 1. The van der Waals surface area contributed by atoms with Gasteiger partial charge in [-0.05, 0) is 49.2 Å². The summed E-state index contributed by atoms with van der Waals surface area (Å²) in [5.41, 5.74) is 2.65. The third-order valence-electron chi connectivity index (χ3n) is 5.02. The highest BCUT2D eigenvalue weighted by Gasteiger charge is 2.25. The van der Waals surface area contributed by atoms with Gasteiger partial charge in [-0.3, -0.25) is 4.79 Å². The van der Waals surface area contributed by atoms with E-state index in [-0.39, 0.29) is 11.8 Å². The fourth-order valence-electron chi connectivity index (χ4n) is 3.41. The highest BCUT2D eigenvalue weighted by Crippen LogP contribution is 2.25. The van der Waals surface area contributed by atoms with E-state index < -0.39 is 0 Å². The van der Waals surface area contributed by atoms with E-state index in [2.05, 4.69) is 20.4 Å². The summed E-state index contributed by atoms with van der Waals surface area (Å²) in [6, 6.07) is 21.1. The van der Waals surface area contributed by atoms with Crippen LogP contribution in [0.2, 0.25) is 5.02 Å². The molecule has 1 saturated heterocycles. The Labute approximate surface area is 169 Å². The topological polar surface area (TPSA) is 58.1 Å². The van der Waals surface area contributed by atoms with Crippen LogP contribution < -0.4 is 10.2 Å². The molecule has 0 saturated carbocycles. The molecular formula is C22H21ClN4O. The molecule has 0 radical (unpaired) electrons. The van der Waals surface area contributed by atoms with Crippen LogP contribution in [0.25, 0.3) is 11.3 Å². The van der Waals surface area contributed by atoms with Crippen LogP contribution in [0.15, 0.2) is 66.7 Å². The van der Waals surface area contributed by atoms with E-state index in [1.165, 1.54) is 0 Å². The summed E-state index contributed by atoms with van der Waals surface area (Å²) < 4.78 is 0. The molecule has 2 aromatic carbocycles. The molecule has 0 bridgehead atoms. The number of nitrogens with zero attached hydrogens (tertiary/aromatic N) is 3. The highest BCUT2D eigenvalue weighted by atomic mass is 35.5. The minimum Gasteiger partial charge on any atom is -0.355 e. The maximum atomic E-state index is 12.5. The first-order valence-electron chi connectivity index (χ1n) is 9.39. The lowest BCUT2D eigenvalue weighted by atomic mass is 9.96. The Morgan fingerprint density at radius 1 is 0.929 bits per heavy atom. The van der Waals surface area contributed by atoms with Crippen LogP contribution in [0.3, 0.4) is 0 Å². The predicted octanol–water partition coefficient (Wildman–Crippen LogP) is 4.65. The van der Waals surface area contributed by atoms with Crippen molar-refractivity contribution in [3.63, 3.8) is 0 Å². The molecule has 0 atom stereocenters. The van der Waals surface area contributed by atoms with Gasteiger partial charge in [0.2, 0.25) is 5.91 Å². The van der Waals surface area contributed by atoms with Gasteiger partial charge >= 0.3 is 0 Å². The van der Waals surface area contributed by atoms with Crippen molar-refractivity contribution in [2.45, 2.75) is 12.8 Å². The molecule has 0 aliphatic carbocycles. The normalized spacial score (nSPS) is 14.7. The third-order valence-corrected chi connectivity index (χ3v) is 5.27. The summed E-state index contributed by atoms with van der Waals surface area (Å²) in [6.45, 7) is 1.59. The summed E-state index contributed by atoms with van der Waals surface area (Å²) in [6.07, 6.45) is 1.61. The summed E-state index contributed by atoms with van der Waals surface area (Å²) in [4.78, 5) is 14.7. The van der Waals surface area contributed by atoms with Gasteiger partial charge in [0.05, 0.1) is 5.69 Å². The van der Waals surface area contributed by atoms with Gasteiger partial charge < -0.3 is 10.2 Å². The van der Waals surface area contributed by atoms with Gasteiger partial charge in [-0.25, -0.2) is 0 Å². The molecule has 6 heteroatoms. The van der Waals surface area contributed by atoms with Crippen LogP contribution in [0, 0.1) is 5.92 Å². The standard InChI is InChI=1S/C22H21ClN4O/c23-18-8-6-16(7-9-18)20-10-11-21(26-25-20)27-14-12-17(13-15-27)22(28)24-19-4-2-1-3-5-19/h1-11,17H,12-15H2,(H,24,28). The second-order valence-electron chi connectivity index (χ2n) is 6.90. The van der Waals surface area contributed by atoms with Crippen LogP contribution in [0.4, 0.5) is 11.5 Å². The molecule has 28 heavy (non-hydrogen) atoms. The fourth-order valence-corrected chi connectivity index (χ4v) is 3.53. The minimum atomic E-state index is 0.0257. The maximum absolute atomic E-state index is 12.5. The van der Waals surface area contributed by atoms with Crippen molar-refractivity contribution in [1.82, 2.24) is 10.2 Å². The lowest BCUT2D eigenvalue weighted by Gasteiger charge is -2.31. The molecule has 5 nitrogen and oxygen atoms in total. The second kappa shape index (κ2) is 8.40. The van der Waals surface area contributed by atoms with Crippen molar-refractivity contribution in [3.05, 3.63) is 71.8 Å². The molecule has 0 unspecified atom stereocenters. The Morgan fingerprint density at radius 2 is 1.64 bits per heavy atom. The molecule has 1 aliphatic rings. The average molecular weight is 393 g/mol. The van der Waals surface area contributed by atoms with Crippen molar-refractivity contribution >= 4 is 29.0 Å². The molecule has 4 rings (SSSR count). The Morgan fingerprint density at radius 3 is 2.29 bits per heavy atom. The number of halogens is 1. The van der Waals surface area contributed by atoms with E-state index in [9.17, 15) is 4.79 Å². The third kappa shape index (κ3) is 4.31. The summed E-state index contributed by atoms with van der Waals surface area (Å²) in [5, 5.41) is 12.4. The Kier molecular flexibility index (Phi) is 5.53. The fraction of sp³-hybridized carbons (Fsp3) is 0.227. The molecule has 0 spiro atoms. The van der Waals surface area contributed by atoms with Crippen molar-refractivity contribution in [2.75, 3.05) is 23.3 Å². The number of piperidine rings is 1. The lowest BCUT2D eigenvalue weighted by Crippen LogP contribution is -2.38. The van der Waals surface area contributed by atoms with Crippen molar-refractivity contribution in [3.8, 4) is 11.3 Å². The van der Waals surface area contributed by atoms with Gasteiger partial charge in [0.1, 0.15) is 0 Å². The minimum absolute atomic E-state index is 0.0257. The Bertz CT molecular complexity index is 921. The molecular weight excluding hydrogens is 372 g/mol. The largest absolute Gasteiger partial charge is 0.355 e. The number of amides is 1. The van der Waals surface area contributed by atoms with Gasteiger partial charge in [-0.1, -0.05) is 41.9 Å². The van der Waals surface area contributed by atoms with Crippen LogP contribution in [-0.4, -0.2) is 29.2 Å². The lowest BCUT2D eigenvalue weighted by molar-refractivity contribution is -0.120. The number of hydrogen-bond acceptors (Lipinski definition) is 4. The van der Waals surface area contributed by atoms with E-state index in [0.717, 1.165) is 48.7 Å². The van der Waals surface area contributed by atoms with Crippen molar-refractivity contribution in [2.24, 2.45) is 5.92 Å². The molecule has 1 amide bonds. The van der Waals surface area contributed by atoms with Crippen LogP contribution in [-0.2, 0) is 4.79 Å². The van der Waals surface area contributed by atoms with Gasteiger partial charge in [-0.15, -0.1) is 10.2 Å². The summed E-state index contributed by atoms with van der Waals surface area (Å²) in [7, 11) is 0. The van der Waals surface area contributed by atoms with Gasteiger partial charge in [0, 0.05) is 35.3 Å². The van der Waals surface area contributed by atoms with Crippen LogP contribution >= 0.6 is 11.6 Å². The predicted molar refractivity (Wildman–Crippen MR) is 112 cm³/mol. The molecule has 142 valence electrons. The zero-order valence-electron chi connectivity index (χ0n) is 15.4. The molecule has 3 aromatic rings. The first-order chi connectivity index (χ1) is 13.7. The van der Waals surface area contributed by atoms with E-state index >= 15 is 0 Å². The zero-order chi connectivity index (χ0) is 19.3. The second-order valence-corrected chi connectivity index (χ2v) is 7.34. The summed E-state index contributed by atoms with van der Waals surface area (Å²) >= 11 is 5.93. The zero-order valence-corrected chi connectivity index (χ0v) is 16.1. The van der Waals surface area contributed by atoms with E-state index in [1.54, 1.807) is 0 Å². The molecule has 1 aromatic heterocycles. The molecule has 2 heterocycles. The number of para-hydroxylation sites is 1. The number of carbonyl (C=O) groups is 1. The first-order valence-corrected chi connectivity index (χ1v) is 9.77. The van der Waals surface area contributed by atoms with Crippen molar-refractivity contribution < 1.29 is 4.79 Å². The number of nitrogens with one attached hydrogen (secondary N) is 1. The maximum Gasteiger partial charge on any atom is 0.227 e. The molecule has 1 N–H and O–H groups in total. The van der Waals surface area contributed by atoms with Crippen LogP contribution in [0.1, 0.15) is 12.8 Å². The van der Waals surface area contributed by atoms with Gasteiger partial charge in [0.15, 0.2) is 5.82 Å². The van der Waals surface area contributed by atoms with Crippen molar-refractivity contribution in [1.29, 1.82) is 0 Å². The smallest absolute Gasteiger partial charge is 0.227 e. The number of benzene rings is 2. The first kappa shape index (κ1) is 18.4. The number of rotatable bonds is 4. The highest BCUT2D eigenvalue weighted by molar-refractivity contribution is 6.30. The van der Waals surface area contributed by atoms with E-state index in [4.69, 9.17) is 11.6 Å². The van der Waals surface area contributed by atoms with Gasteiger partial charge in [0.25, 0.3) is 0 Å². The Hall–Kier alpha value is -2.92. The number of hydrogen-bond donors (Lipinski definition) is 1. The SMILES string of the molecule is O=C(Nc1ccccc1)C1CCN(c2ccc(-c3ccc(Cl)cc3)nn2)CC1. The average Bonchev–Trinajstić information content (AvgIpc) is 2.75. The van der Waals surface area contributed by atoms with E-state index in [1.807, 2.05) is 66.7 Å². The number of anilines is 2. The molecule has 1 fully saturated rings. The monoisotopic (exact) mass is 392 g/mol. The van der Waals surface area contributed by atoms with E-state index in [0.29, 0.717) is 5.02 Å². The number of aromatic nitrogens is 2. The van der Waals surface area contributed by atoms with Gasteiger partial charge in [-0.2, -0.15) is 0 Å². The van der Waals surface area contributed by atoms with Crippen LogP contribution in [0.5, 0.6) is 0 Å². The summed E-state index contributed by atoms with van der Waals surface area (Å²) in [5.74, 6) is 0.965.